The first-order valence-corrected chi connectivity index (χ1v) is 8.38. The van der Waals surface area contributed by atoms with Crippen molar-refractivity contribution in [1.29, 1.82) is 0 Å². The summed E-state index contributed by atoms with van der Waals surface area (Å²) in [5, 5.41) is 2.19. The molecule has 0 radical (unpaired) electrons. The van der Waals surface area contributed by atoms with Gasteiger partial charge in [0.15, 0.2) is 0 Å². The zero-order valence-corrected chi connectivity index (χ0v) is 13.7. The number of alkyl halides is 1. The average molecular weight is 306 g/mol. The van der Waals surface area contributed by atoms with Gasteiger partial charge in [-0.15, -0.1) is 11.6 Å². The number of halogens is 1. The number of hydrogen-bond acceptors (Lipinski definition) is 2. The van der Waals surface area contributed by atoms with E-state index in [0.717, 1.165) is 35.2 Å². The molecule has 1 atom stereocenters. The van der Waals surface area contributed by atoms with Crippen molar-refractivity contribution in [2.45, 2.75) is 45.4 Å². The summed E-state index contributed by atoms with van der Waals surface area (Å²) in [6.45, 7) is 5.20. The Morgan fingerprint density at radius 1 is 1.19 bits per heavy atom. The van der Waals surface area contributed by atoms with Gasteiger partial charge < -0.3 is 4.74 Å². The number of ether oxygens (including phenoxy) is 1. The van der Waals surface area contributed by atoms with E-state index < -0.39 is 0 Å². The van der Waals surface area contributed by atoms with Crippen LogP contribution in [0.2, 0.25) is 0 Å². The van der Waals surface area contributed by atoms with E-state index >= 15 is 0 Å². The Morgan fingerprint density at radius 3 is 2.62 bits per heavy atom. The molecule has 0 saturated heterocycles. The van der Waals surface area contributed by atoms with Crippen LogP contribution in [0.4, 0.5) is 0 Å². The highest BCUT2D eigenvalue weighted by atomic mass is 35.5. The minimum Gasteiger partial charge on any atom is -0.477 e. The predicted octanol–water partition coefficient (Wildman–Crippen LogP) is 5.57. The van der Waals surface area contributed by atoms with Crippen LogP contribution < -0.4 is 4.74 Å². The summed E-state index contributed by atoms with van der Waals surface area (Å²) >= 11 is 5.98. The van der Waals surface area contributed by atoms with Crippen molar-refractivity contribution in [3.63, 3.8) is 0 Å². The minimum absolute atomic E-state index is 0.474. The van der Waals surface area contributed by atoms with Crippen LogP contribution in [-0.4, -0.2) is 11.6 Å². The first-order chi connectivity index (χ1) is 10.3. The van der Waals surface area contributed by atoms with Crippen LogP contribution in [0.5, 0.6) is 5.88 Å². The van der Waals surface area contributed by atoms with Crippen LogP contribution in [0.1, 0.15) is 45.1 Å². The van der Waals surface area contributed by atoms with Crippen LogP contribution >= 0.6 is 11.6 Å². The van der Waals surface area contributed by atoms with Gasteiger partial charge in [0.2, 0.25) is 5.88 Å². The molecule has 3 heteroatoms. The molecular formula is C18H24ClNO. The molecule has 114 valence electrons. The fourth-order valence-electron chi connectivity index (χ4n) is 2.54. The average Bonchev–Trinajstić information content (AvgIpc) is 2.55. The van der Waals surface area contributed by atoms with Crippen molar-refractivity contribution in [2.24, 2.45) is 5.92 Å². The molecule has 1 unspecified atom stereocenters. The topological polar surface area (TPSA) is 22.1 Å². The third-order valence-corrected chi connectivity index (χ3v) is 4.27. The molecule has 0 aliphatic heterocycles. The number of aromatic nitrogens is 1. The number of nitrogens with zero attached hydrogens (tertiary/aromatic N) is 1. The SMILES string of the molecule is CCCCC(CC)COc1ncc(CCl)c2ccccc12. The highest BCUT2D eigenvalue weighted by Gasteiger charge is 2.11. The van der Waals surface area contributed by atoms with Gasteiger partial charge >= 0.3 is 0 Å². The van der Waals surface area contributed by atoms with Crippen LogP contribution in [0.3, 0.4) is 0 Å². The van der Waals surface area contributed by atoms with Gasteiger partial charge in [-0.25, -0.2) is 4.98 Å². The fourth-order valence-corrected chi connectivity index (χ4v) is 2.75. The maximum atomic E-state index is 6.01. The number of rotatable bonds is 8. The summed E-state index contributed by atoms with van der Waals surface area (Å²) in [7, 11) is 0. The lowest BCUT2D eigenvalue weighted by molar-refractivity contribution is 0.228. The van der Waals surface area contributed by atoms with Gasteiger partial charge in [0.1, 0.15) is 0 Å². The summed E-state index contributed by atoms with van der Waals surface area (Å²) in [5.41, 5.74) is 1.05. The standard InChI is InChI=1S/C18H24ClNO/c1-3-5-8-14(4-2)13-21-18-17-10-7-6-9-16(17)15(11-19)12-20-18/h6-7,9-10,12,14H,3-5,8,11,13H2,1-2H3. The van der Waals surface area contributed by atoms with Crippen molar-refractivity contribution in [3.05, 3.63) is 36.0 Å². The number of pyridine rings is 1. The molecule has 0 amide bonds. The first-order valence-electron chi connectivity index (χ1n) is 7.85. The molecule has 2 nitrogen and oxygen atoms in total. The smallest absolute Gasteiger partial charge is 0.221 e. The van der Waals surface area contributed by atoms with Crippen molar-refractivity contribution in [3.8, 4) is 5.88 Å². The quantitative estimate of drug-likeness (QED) is 0.595. The highest BCUT2D eigenvalue weighted by Crippen LogP contribution is 2.27. The molecule has 0 spiro atoms. The van der Waals surface area contributed by atoms with E-state index in [9.17, 15) is 0 Å². The molecule has 0 bridgehead atoms. The minimum atomic E-state index is 0.474. The highest BCUT2D eigenvalue weighted by molar-refractivity contribution is 6.18. The lowest BCUT2D eigenvalue weighted by atomic mass is 10.0. The number of hydrogen-bond donors (Lipinski definition) is 0. The molecule has 0 N–H and O–H groups in total. The van der Waals surface area contributed by atoms with E-state index in [1.165, 1.54) is 19.3 Å². The van der Waals surface area contributed by atoms with Crippen LogP contribution in [0.15, 0.2) is 30.5 Å². The van der Waals surface area contributed by atoms with Crippen molar-refractivity contribution < 1.29 is 4.74 Å². The Kier molecular flexibility index (Phi) is 6.31. The maximum absolute atomic E-state index is 6.01. The summed E-state index contributed by atoms with van der Waals surface area (Å²) in [6.07, 6.45) is 6.71. The molecule has 21 heavy (non-hydrogen) atoms. The van der Waals surface area contributed by atoms with Gasteiger partial charge in [0.25, 0.3) is 0 Å². The zero-order chi connectivity index (χ0) is 15.1. The molecular weight excluding hydrogens is 282 g/mol. The third-order valence-electron chi connectivity index (χ3n) is 3.98. The van der Waals surface area contributed by atoms with Gasteiger partial charge in [-0.1, -0.05) is 51.3 Å². The molecule has 0 aliphatic carbocycles. The van der Waals surface area contributed by atoms with Gasteiger partial charge in [-0.2, -0.15) is 0 Å². The summed E-state index contributed by atoms with van der Waals surface area (Å²) < 4.78 is 6.01. The van der Waals surface area contributed by atoms with E-state index in [-0.39, 0.29) is 0 Å². The fraction of sp³-hybridized carbons (Fsp3) is 0.500. The Hall–Kier alpha value is -1.28. The lowest BCUT2D eigenvalue weighted by Gasteiger charge is -2.16. The largest absolute Gasteiger partial charge is 0.477 e. The van der Waals surface area contributed by atoms with E-state index in [1.54, 1.807) is 0 Å². The number of fused-ring (bicyclic) bond motifs is 1. The van der Waals surface area contributed by atoms with E-state index in [0.29, 0.717) is 11.8 Å². The first kappa shape index (κ1) is 16.1. The van der Waals surface area contributed by atoms with Crippen LogP contribution in [0, 0.1) is 5.92 Å². The lowest BCUT2D eigenvalue weighted by Crippen LogP contribution is -2.12. The second-order valence-corrected chi connectivity index (χ2v) is 5.76. The van der Waals surface area contributed by atoms with E-state index in [2.05, 4.69) is 31.0 Å². The van der Waals surface area contributed by atoms with Gasteiger partial charge in [-0.05, 0) is 29.4 Å². The monoisotopic (exact) mass is 305 g/mol. The molecule has 0 fully saturated rings. The summed E-state index contributed by atoms with van der Waals surface area (Å²) in [5.74, 6) is 1.81. The molecule has 1 aromatic carbocycles. The Bertz CT molecular complexity index is 570. The molecule has 2 rings (SSSR count). The second kappa shape index (κ2) is 8.23. The van der Waals surface area contributed by atoms with Crippen LogP contribution in [-0.2, 0) is 5.88 Å². The van der Waals surface area contributed by atoms with Gasteiger partial charge in [-0.3, -0.25) is 0 Å². The molecule has 1 aromatic heterocycles. The molecule has 2 aromatic rings. The van der Waals surface area contributed by atoms with Gasteiger partial charge in [0, 0.05) is 17.5 Å². The number of benzene rings is 1. The normalized spacial score (nSPS) is 12.5. The van der Waals surface area contributed by atoms with Crippen LogP contribution in [0.25, 0.3) is 10.8 Å². The Balaban J connectivity index is 2.15. The summed E-state index contributed by atoms with van der Waals surface area (Å²) in [6, 6.07) is 8.18. The van der Waals surface area contributed by atoms with Crippen molar-refractivity contribution in [2.75, 3.05) is 6.61 Å². The van der Waals surface area contributed by atoms with Crippen molar-refractivity contribution >= 4 is 22.4 Å². The molecule has 1 heterocycles. The predicted molar refractivity (Wildman–Crippen MR) is 90.1 cm³/mol. The molecule has 0 saturated carbocycles. The Labute approximate surface area is 132 Å². The summed E-state index contributed by atoms with van der Waals surface area (Å²) in [4.78, 5) is 4.46. The van der Waals surface area contributed by atoms with E-state index in [4.69, 9.17) is 16.3 Å². The second-order valence-electron chi connectivity index (χ2n) is 5.50. The molecule has 0 aliphatic rings. The maximum Gasteiger partial charge on any atom is 0.221 e. The van der Waals surface area contributed by atoms with Gasteiger partial charge in [0.05, 0.1) is 6.61 Å². The van der Waals surface area contributed by atoms with E-state index in [1.807, 2.05) is 18.3 Å². The van der Waals surface area contributed by atoms with Crippen molar-refractivity contribution in [1.82, 2.24) is 4.98 Å². The Morgan fingerprint density at radius 2 is 1.95 bits per heavy atom. The number of unbranched alkanes of at least 4 members (excludes halogenated alkanes) is 1. The zero-order valence-electron chi connectivity index (χ0n) is 12.9. The third kappa shape index (κ3) is 4.10.